The Hall–Kier alpha value is -5.10. The molecule has 2 N–H and O–H groups in total. The summed E-state index contributed by atoms with van der Waals surface area (Å²) in [5.74, 6) is -0.414. The molecule has 2 aliphatic heterocycles. The van der Waals surface area contributed by atoms with Gasteiger partial charge in [-0.2, -0.15) is 0 Å². The van der Waals surface area contributed by atoms with Gasteiger partial charge in [0.25, 0.3) is 11.8 Å². The highest BCUT2D eigenvalue weighted by molar-refractivity contribution is 7.17. The van der Waals surface area contributed by atoms with Gasteiger partial charge in [0.05, 0.1) is 46.6 Å². The molecule has 12 heteroatoms. The molecule has 47 heavy (non-hydrogen) atoms. The average Bonchev–Trinajstić information content (AvgIpc) is 3.92. The van der Waals surface area contributed by atoms with E-state index >= 15 is 0 Å². The van der Waals surface area contributed by atoms with Crippen LogP contribution >= 0.6 is 11.3 Å². The van der Waals surface area contributed by atoms with Crippen molar-refractivity contribution in [1.29, 1.82) is 0 Å². The third kappa shape index (κ3) is 5.03. The van der Waals surface area contributed by atoms with E-state index < -0.39 is 5.76 Å². The first kappa shape index (κ1) is 29.3. The van der Waals surface area contributed by atoms with Crippen LogP contribution in [-0.2, 0) is 19.3 Å². The number of nitrogens with one attached hydrogen (secondary N) is 2. The number of aryl methyl sites for hydroxylation is 2. The van der Waals surface area contributed by atoms with Gasteiger partial charge in [0.15, 0.2) is 5.82 Å². The molecule has 3 aliphatic rings. The summed E-state index contributed by atoms with van der Waals surface area (Å²) in [6.07, 6.45) is 4.23. The zero-order valence-electron chi connectivity index (χ0n) is 25.5. The number of pyridine rings is 1. The number of benzene rings is 2. The van der Waals surface area contributed by atoms with Crippen LogP contribution in [0.15, 0.2) is 63.9 Å². The minimum Gasteiger partial charge on any atom is -0.496 e. The molecular weight excluding hydrogens is 621 g/mol. The van der Waals surface area contributed by atoms with E-state index in [1.54, 1.807) is 25.3 Å². The summed E-state index contributed by atoms with van der Waals surface area (Å²) in [6.45, 7) is 0.631. The molecule has 1 saturated heterocycles. The fraction of sp³-hybridized carbons (Fsp3) is 0.286. The molecule has 238 valence electrons. The van der Waals surface area contributed by atoms with E-state index in [1.165, 1.54) is 23.5 Å². The second-order valence-corrected chi connectivity index (χ2v) is 13.1. The van der Waals surface area contributed by atoms with Crippen LogP contribution in [-0.4, -0.2) is 45.5 Å². The molecule has 0 radical (unpaired) electrons. The highest BCUT2D eigenvalue weighted by Crippen LogP contribution is 2.49. The summed E-state index contributed by atoms with van der Waals surface area (Å²) in [4.78, 5) is 50.6. The van der Waals surface area contributed by atoms with Crippen molar-refractivity contribution < 1.29 is 23.2 Å². The SMILES string of the molecule is COc1cccc2c1CC[C@H]2NC(=O)c1ccc(-c2c3c(nc(CCc4ccc(F)cc4)c2-c2noc(=O)[nH]2)[C@@H]2CCCN2C3=O)s1. The van der Waals surface area contributed by atoms with Gasteiger partial charge in [-0.1, -0.05) is 29.4 Å². The molecule has 5 heterocycles. The minimum absolute atomic E-state index is 0.127. The van der Waals surface area contributed by atoms with Crippen molar-refractivity contribution >= 4 is 23.2 Å². The van der Waals surface area contributed by atoms with Crippen molar-refractivity contribution in [2.45, 2.75) is 50.6 Å². The number of ether oxygens (including phenoxy) is 1. The Morgan fingerprint density at radius 2 is 1.94 bits per heavy atom. The van der Waals surface area contributed by atoms with Gasteiger partial charge in [0.2, 0.25) is 0 Å². The highest BCUT2D eigenvalue weighted by atomic mass is 32.1. The van der Waals surface area contributed by atoms with Gasteiger partial charge >= 0.3 is 5.76 Å². The Bertz CT molecular complexity index is 2100. The number of thiophene rings is 1. The summed E-state index contributed by atoms with van der Waals surface area (Å²) >= 11 is 1.28. The van der Waals surface area contributed by atoms with Crippen molar-refractivity contribution in [2.24, 2.45) is 0 Å². The van der Waals surface area contributed by atoms with Gasteiger partial charge < -0.3 is 15.0 Å². The predicted molar refractivity (Wildman–Crippen MR) is 172 cm³/mol. The molecule has 5 aromatic rings. The fourth-order valence-corrected chi connectivity index (χ4v) is 8.24. The zero-order chi connectivity index (χ0) is 32.2. The number of rotatable bonds is 8. The lowest BCUT2D eigenvalue weighted by molar-refractivity contribution is 0.0776. The van der Waals surface area contributed by atoms with Gasteiger partial charge in [-0.15, -0.1) is 11.3 Å². The van der Waals surface area contributed by atoms with E-state index in [0.29, 0.717) is 57.2 Å². The molecule has 1 aliphatic carbocycles. The molecule has 3 aromatic heterocycles. The van der Waals surface area contributed by atoms with E-state index in [9.17, 15) is 18.8 Å². The summed E-state index contributed by atoms with van der Waals surface area (Å²) in [5, 5.41) is 7.22. The number of halogens is 1. The number of fused-ring (bicyclic) bond motifs is 4. The summed E-state index contributed by atoms with van der Waals surface area (Å²) in [5.41, 5.74) is 5.92. The topological polar surface area (TPSA) is 130 Å². The van der Waals surface area contributed by atoms with Crippen molar-refractivity contribution in [3.05, 3.63) is 109 Å². The van der Waals surface area contributed by atoms with Crippen LogP contribution < -0.4 is 15.8 Å². The van der Waals surface area contributed by atoms with Crippen molar-refractivity contribution in [3.8, 4) is 27.6 Å². The van der Waals surface area contributed by atoms with Crippen LogP contribution in [0.1, 0.15) is 79.5 Å². The monoisotopic (exact) mass is 651 g/mol. The fourth-order valence-electron chi connectivity index (χ4n) is 7.27. The number of nitrogens with zero attached hydrogens (tertiary/aromatic N) is 3. The molecular formula is C35H30FN5O5S. The van der Waals surface area contributed by atoms with Crippen LogP contribution in [0.4, 0.5) is 4.39 Å². The Balaban J connectivity index is 1.21. The maximum absolute atomic E-state index is 14.0. The van der Waals surface area contributed by atoms with Crippen LogP contribution in [0, 0.1) is 5.82 Å². The average molecular weight is 652 g/mol. The Morgan fingerprint density at radius 3 is 2.72 bits per heavy atom. The predicted octanol–water partition coefficient (Wildman–Crippen LogP) is 5.79. The van der Waals surface area contributed by atoms with Gasteiger partial charge in [0, 0.05) is 17.0 Å². The quantitative estimate of drug-likeness (QED) is 0.217. The molecule has 0 unspecified atom stereocenters. The number of methoxy groups -OCH3 is 1. The number of carbonyl (C=O) groups excluding carboxylic acids is 2. The van der Waals surface area contributed by atoms with Crippen molar-refractivity contribution in [2.75, 3.05) is 13.7 Å². The third-order valence-electron chi connectivity index (χ3n) is 9.41. The molecule has 2 amide bonds. The highest BCUT2D eigenvalue weighted by Gasteiger charge is 2.44. The van der Waals surface area contributed by atoms with Crippen LogP contribution in [0.5, 0.6) is 5.75 Å². The summed E-state index contributed by atoms with van der Waals surface area (Å²) in [7, 11) is 1.65. The number of hydrogen-bond donors (Lipinski definition) is 2. The van der Waals surface area contributed by atoms with E-state index in [-0.39, 0.29) is 35.5 Å². The first-order valence-electron chi connectivity index (χ1n) is 15.6. The summed E-state index contributed by atoms with van der Waals surface area (Å²) < 4.78 is 24.1. The normalized spacial score (nSPS) is 17.9. The molecule has 10 nitrogen and oxygen atoms in total. The number of aromatic nitrogens is 3. The first-order valence-corrected chi connectivity index (χ1v) is 16.5. The first-order chi connectivity index (χ1) is 22.9. The lowest BCUT2D eigenvalue weighted by Crippen LogP contribution is -2.26. The molecule has 1 fully saturated rings. The second kappa shape index (κ2) is 11.6. The van der Waals surface area contributed by atoms with Crippen LogP contribution in [0.3, 0.4) is 0 Å². The number of amides is 2. The molecule has 0 bridgehead atoms. The van der Waals surface area contributed by atoms with E-state index in [2.05, 4.69) is 15.5 Å². The number of carbonyl (C=O) groups is 2. The van der Waals surface area contributed by atoms with Gasteiger partial charge in [0.1, 0.15) is 11.6 Å². The lowest BCUT2D eigenvalue weighted by Gasteiger charge is -2.16. The third-order valence-corrected chi connectivity index (χ3v) is 10.5. The molecule has 2 atom stereocenters. The maximum Gasteiger partial charge on any atom is 0.439 e. The second-order valence-electron chi connectivity index (χ2n) is 12.1. The smallest absolute Gasteiger partial charge is 0.439 e. The Kier molecular flexibility index (Phi) is 7.24. The van der Waals surface area contributed by atoms with Gasteiger partial charge in [-0.05, 0) is 85.5 Å². The molecule has 0 saturated carbocycles. The van der Waals surface area contributed by atoms with Gasteiger partial charge in [-0.3, -0.25) is 24.1 Å². The standard InChI is InChI=1S/C35H30FN5O5S/c1-45-25-6-2-4-20-21(25)12-14-22(20)38-33(42)27-16-15-26(47-27)29-28(32-39-35(44)46-40-32)23(13-9-18-7-10-19(36)11-8-18)37-31-24-5-3-17-41(24)34(43)30(29)31/h2,4,6-8,10-11,15-16,22,24H,3,5,9,12-14,17H2,1H3,(H,38,42)(H,39,40,44)/t22-,24+/m1/s1. The molecule has 0 spiro atoms. The van der Waals surface area contributed by atoms with E-state index in [1.807, 2.05) is 29.2 Å². The Labute approximate surface area is 272 Å². The minimum atomic E-state index is -0.734. The molecule has 2 aromatic carbocycles. The largest absolute Gasteiger partial charge is 0.496 e. The van der Waals surface area contributed by atoms with Crippen molar-refractivity contribution in [1.82, 2.24) is 25.3 Å². The molecule has 8 rings (SSSR count). The maximum atomic E-state index is 14.0. The van der Waals surface area contributed by atoms with Crippen LogP contribution in [0.2, 0.25) is 0 Å². The Morgan fingerprint density at radius 1 is 1.09 bits per heavy atom. The lowest BCUT2D eigenvalue weighted by atomic mass is 9.93. The zero-order valence-corrected chi connectivity index (χ0v) is 26.3. The van der Waals surface area contributed by atoms with E-state index in [4.69, 9.17) is 14.2 Å². The number of H-pyrrole nitrogens is 1. The van der Waals surface area contributed by atoms with Gasteiger partial charge in [-0.25, -0.2) is 9.18 Å². The number of aromatic amines is 1. The van der Waals surface area contributed by atoms with Crippen molar-refractivity contribution in [3.63, 3.8) is 0 Å². The summed E-state index contributed by atoms with van der Waals surface area (Å²) in [6, 6.07) is 15.5. The van der Waals surface area contributed by atoms with E-state index in [0.717, 1.165) is 48.1 Å². The van der Waals surface area contributed by atoms with Crippen LogP contribution in [0.25, 0.3) is 21.8 Å². The number of hydrogen-bond acceptors (Lipinski definition) is 8.